The Morgan fingerprint density at radius 2 is 1.76 bits per heavy atom. The average molecular weight is 293 g/mol. The monoisotopic (exact) mass is 293 g/mol. The van der Waals surface area contributed by atoms with E-state index in [4.69, 9.17) is 9.47 Å². The van der Waals surface area contributed by atoms with E-state index >= 15 is 0 Å². The molecule has 1 amide bonds. The number of carbonyl (C=O) groups excluding carboxylic acids is 2. The summed E-state index contributed by atoms with van der Waals surface area (Å²) in [6.45, 7) is 3.96. The van der Waals surface area contributed by atoms with Crippen LogP contribution in [0.2, 0.25) is 0 Å². The molecular formula is C16H23NO4. The van der Waals surface area contributed by atoms with Crippen LogP contribution in [0.3, 0.4) is 0 Å². The number of hydrogen-bond acceptors (Lipinski definition) is 4. The molecule has 0 fully saturated rings. The van der Waals surface area contributed by atoms with E-state index in [0.29, 0.717) is 6.42 Å². The summed E-state index contributed by atoms with van der Waals surface area (Å²) < 4.78 is 9.99. The van der Waals surface area contributed by atoms with E-state index in [0.717, 1.165) is 5.56 Å². The second-order valence-electron chi connectivity index (χ2n) is 5.24. The Kier molecular flexibility index (Phi) is 6.88. The molecule has 1 rings (SSSR count). The molecule has 5 heteroatoms. The number of ether oxygens (including phenoxy) is 2. The number of carbonyl (C=O) groups is 2. The molecular weight excluding hydrogens is 270 g/mol. The lowest BCUT2D eigenvalue weighted by atomic mass is 10.0. The summed E-state index contributed by atoms with van der Waals surface area (Å²) in [6.07, 6.45) is -0.227. The molecule has 116 valence electrons. The fourth-order valence-electron chi connectivity index (χ4n) is 2.10. The summed E-state index contributed by atoms with van der Waals surface area (Å²) >= 11 is 0. The highest BCUT2D eigenvalue weighted by Gasteiger charge is 2.27. The lowest BCUT2D eigenvalue weighted by molar-refractivity contribution is -0.147. The van der Waals surface area contributed by atoms with Gasteiger partial charge >= 0.3 is 5.97 Å². The predicted octanol–water partition coefficient (Wildman–Crippen LogP) is 2.08. The van der Waals surface area contributed by atoms with Crippen LogP contribution in [0.15, 0.2) is 30.3 Å². The smallest absolute Gasteiger partial charge is 0.328 e. The lowest BCUT2D eigenvalue weighted by Gasteiger charge is -2.22. The van der Waals surface area contributed by atoms with Gasteiger partial charge in [0.15, 0.2) is 6.10 Å². The molecule has 0 spiro atoms. The summed E-state index contributed by atoms with van der Waals surface area (Å²) in [5, 5.41) is 2.71. The third-order valence-electron chi connectivity index (χ3n) is 3.09. The Morgan fingerprint density at radius 1 is 1.14 bits per heavy atom. The van der Waals surface area contributed by atoms with E-state index in [9.17, 15) is 9.59 Å². The van der Waals surface area contributed by atoms with Crippen molar-refractivity contribution in [1.29, 1.82) is 0 Å². The number of esters is 1. The first-order valence-corrected chi connectivity index (χ1v) is 6.95. The Balaban J connectivity index is 2.81. The first kappa shape index (κ1) is 17.2. The molecule has 21 heavy (non-hydrogen) atoms. The van der Waals surface area contributed by atoms with E-state index in [1.54, 1.807) is 0 Å². The number of nitrogens with one attached hydrogen (secondary N) is 1. The van der Waals surface area contributed by atoms with Gasteiger partial charge in [-0.15, -0.1) is 0 Å². The number of hydrogen-bond donors (Lipinski definition) is 1. The van der Waals surface area contributed by atoms with Crippen molar-refractivity contribution in [2.45, 2.75) is 32.4 Å². The van der Waals surface area contributed by atoms with Crippen molar-refractivity contribution in [2.75, 3.05) is 14.2 Å². The molecule has 0 aliphatic rings. The molecule has 0 radical (unpaired) electrons. The van der Waals surface area contributed by atoms with Crippen LogP contribution in [0.25, 0.3) is 0 Å². The lowest BCUT2D eigenvalue weighted by Crippen LogP contribution is -2.44. The van der Waals surface area contributed by atoms with Crippen LogP contribution in [0.4, 0.5) is 0 Å². The molecule has 0 saturated heterocycles. The number of rotatable bonds is 7. The largest absolute Gasteiger partial charge is 0.467 e. The molecule has 0 aromatic heterocycles. The highest BCUT2D eigenvalue weighted by atomic mass is 16.5. The van der Waals surface area contributed by atoms with Crippen LogP contribution in [0.5, 0.6) is 0 Å². The SMILES string of the molecule is COC(=O)[C@H](CC(C)C)NC(=O)[C@H](OC)c1ccccc1. The molecule has 0 unspecified atom stereocenters. The van der Waals surface area contributed by atoms with Gasteiger partial charge in [-0.2, -0.15) is 0 Å². The highest BCUT2D eigenvalue weighted by molar-refractivity contribution is 5.87. The third kappa shape index (κ3) is 5.19. The number of methoxy groups -OCH3 is 2. The van der Waals surface area contributed by atoms with Gasteiger partial charge in [-0.25, -0.2) is 4.79 Å². The zero-order valence-electron chi connectivity index (χ0n) is 13.0. The first-order chi connectivity index (χ1) is 9.99. The summed E-state index contributed by atoms with van der Waals surface area (Å²) in [5.41, 5.74) is 0.741. The average Bonchev–Trinajstić information content (AvgIpc) is 2.47. The quantitative estimate of drug-likeness (QED) is 0.782. The summed E-state index contributed by atoms with van der Waals surface area (Å²) in [7, 11) is 2.78. The van der Waals surface area contributed by atoms with Gasteiger partial charge in [0.1, 0.15) is 6.04 Å². The Bertz CT molecular complexity index is 459. The van der Waals surface area contributed by atoms with Crippen molar-refractivity contribution in [3.8, 4) is 0 Å². The summed E-state index contributed by atoms with van der Waals surface area (Å²) in [6, 6.07) is 8.49. The molecule has 5 nitrogen and oxygen atoms in total. The number of benzene rings is 1. The van der Waals surface area contributed by atoms with Gasteiger partial charge in [0.25, 0.3) is 5.91 Å². The minimum Gasteiger partial charge on any atom is -0.467 e. The predicted molar refractivity (Wildman–Crippen MR) is 79.6 cm³/mol. The molecule has 0 saturated carbocycles. The molecule has 1 aromatic carbocycles. The standard InChI is InChI=1S/C16H23NO4/c1-11(2)10-13(16(19)21-4)17-15(18)14(20-3)12-8-6-5-7-9-12/h5-9,11,13-14H,10H2,1-4H3,(H,17,18)/t13-,14+/m0/s1. The van der Waals surface area contributed by atoms with Crippen molar-refractivity contribution in [3.05, 3.63) is 35.9 Å². The van der Waals surface area contributed by atoms with Gasteiger partial charge in [-0.05, 0) is 17.9 Å². The van der Waals surface area contributed by atoms with Crippen LogP contribution in [-0.4, -0.2) is 32.1 Å². The van der Waals surface area contributed by atoms with E-state index in [1.165, 1.54) is 14.2 Å². The molecule has 0 heterocycles. The van der Waals surface area contributed by atoms with Crippen molar-refractivity contribution in [1.82, 2.24) is 5.32 Å². The van der Waals surface area contributed by atoms with Gasteiger partial charge in [0.05, 0.1) is 7.11 Å². The summed E-state index contributed by atoms with van der Waals surface area (Å²) in [4.78, 5) is 24.1. The van der Waals surface area contributed by atoms with Crippen molar-refractivity contribution < 1.29 is 19.1 Å². The van der Waals surface area contributed by atoms with E-state index in [1.807, 2.05) is 44.2 Å². The Labute approximate surface area is 125 Å². The molecule has 0 aliphatic carbocycles. The van der Waals surface area contributed by atoms with Crippen LogP contribution in [0, 0.1) is 5.92 Å². The van der Waals surface area contributed by atoms with Gasteiger partial charge in [-0.1, -0.05) is 44.2 Å². The molecule has 1 aromatic rings. The van der Waals surface area contributed by atoms with Crippen LogP contribution in [0.1, 0.15) is 31.9 Å². The maximum atomic E-state index is 12.3. The van der Waals surface area contributed by atoms with Crippen molar-refractivity contribution in [3.63, 3.8) is 0 Å². The second-order valence-corrected chi connectivity index (χ2v) is 5.24. The fourth-order valence-corrected chi connectivity index (χ4v) is 2.10. The maximum Gasteiger partial charge on any atom is 0.328 e. The van der Waals surface area contributed by atoms with Crippen LogP contribution < -0.4 is 5.32 Å². The van der Waals surface area contributed by atoms with Crippen molar-refractivity contribution >= 4 is 11.9 Å². The minimum atomic E-state index is -0.745. The topological polar surface area (TPSA) is 64.6 Å². The molecule has 2 atom stereocenters. The van der Waals surface area contributed by atoms with Gasteiger partial charge in [0, 0.05) is 7.11 Å². The van der Waals surface area contributed by atoms with E-state index < -0.39 is 18.1 Å². The fraction of sp³-hybridized carbons (Fsp3) is 0.500. The van der Waals surface area contributed by atoms with E-state index in [2.05, 4.69) is 5.32 Å². The normalized spacial score (nSPS) is 13.6. The highest BCUT2D eigenvalue weighted by Crippen LogP contribution is 2.17. The zero-order valence-corrected chi connectivity index (χ0v) is 13.0. The van der Waals surface area contributed by atoms with E-state index in [-0.39, 0.29) is 11.8 Å². The minimum absolute atomic E-state index is 0.257. The summed E-state index contributed by atoms with van der Waals surface area (Å²) in [5.74, 6) is -0.535. The Morgan fingerprint density at radius 3 is 2.24 bits per heavy atom. The molecule has 0 aliphatic heterocycles. The number of amides is 1. The van der Waals surface area contributed by atoms with Gasteiger partial charge in [-0.3, -0.25) is 4.79 Å². The Hall–Kier alpha value is -1.88. The van der Waals surface area contributed by atoms with Crippen molar-refractivity contribution in [2.24, 2.45) is 5.92 Å². The van der Waals surface area contributed by atoms with Crippen LogP contribution in [-0.2, 0) is 19.1 Å². The van der Waals surface area contributed by atoms with Crippen LogP contribution >= 0.6 is 0 Å². The zero-order chi connectivity index (χ0) is 15.8. The third-order valence-corrected chi connectivity index (χ3v) is 3.09. The molecule has 1 N–H and O–H groups in total. The first-order valence-electron chi connectivity index (χ1n) is 6.95. The molecule has 0 bridgehead atoms. The van der Waals surface area contributed by atoms with Gasteiger partial charge in [0.2, 0.25) is 0 Å². The second kappa shape index (κ2) is 8.42. The maximum absolute atomic E-state index is 12.3. The van der Waals surface area contributed by atoms with Gasteiger partial charge < -0.3 is 14.8 Å².